The largest absolute Gasteiger partial charge is 0.299 e. The molecular weight excluding hydrogens is 210 g/mol. The van der Waals surface area contributed by atoms with Gasteiger partial charge in [0.15, 0.2) is 0 Å². The highest BCUT2D eigenvalue weighted by molar-refractivity contribution is 5.83. The van der Waals surface area contributed by atoms with Gasteiger partial charge in [0.25, 0.3) is 0 Å². The van der Waals surface area contributed by atoms with E-state index >= 15 is 0 Å². The van der Waals surface area contributed by atoms with Gasteiger partial charge in [0, 0.05) is 24.9 Å². The second kappa shape index (κ2) is 5.46. The van der Waals surface area contributed by atoms with Gasteiger partial charge in [0.1, 0.15) is 5.78 Å². The first-order chi connectivity index (χ1) is 8.16. The van der Waals surface area contributed by atoms with E-state index in [9.17, 15) is 4.79 Å². The highest BCUT2D eigenvalue weighted by atomic mass is 16.1. The summed E-state index contributed by atoms with van der Waals surface area (Å²) < 4.78 is 0. The Morgan fingerprint density at radius 3 is 2.71 bits per heavy atom. The summed E-state index contributed by atoms with van der Waals surface area (Å²) in [6.45, 7) is 6.97. The average molecular weight is 231 g/mol. The minimum Gasteiger partial charge on any atom is -0.299 e. The molecule has 2 nitrogen and oxygen atoms in total. The molecule has 1 aromatic rings. The monoisotopic (exact) mass is 231 g/mol. The number of carbonyl (C=O) groups excluding carboxylic acids is 1. The zero-order chi connectivity index (χ0) is 12.3. The zero-order valence-corrected chi connectivity index (χ0v) is 10.7. The van der Waals surface area contributed by atoms with Crippen LogP contribution in [0.25, 0.3) is 0 Å². The highest BCUT2D eigenvalue weighted by Gasteiger charge is 2.29. The third-order valence-corrected chi connectivity index (χ3v) is 3.49. The Bertz CT molecular complexity index is 372. The van der Waals surface area contributed by atoms with E-state index < -0.39 is 0 Å². The van der Waals surface area contributed by atoms with Crippen molar-refractivity contribution in [1.82, 2.24) is 4.90 Å². The molecule has 1 atom stereocenters. The lowest BCUT2D eigenvalue weighted by molar-refractivity contribution is -0.125. The van der Waals surface area contributed by atoms with Gasteiger partial charge in [-0.3, -0.25) is 9.69 Å². The molecule has 1 aliphatic rings. The molecule has 0 spiro atoms. The molecule has 1 saturated heterocycles. The first kappa shape index (κ1) is 12.3. The summed E-state index contributed by atoms with van der Waals surface area (Å²) >= 11 is 0. The number of Topliss-reactive ketones (excluding diaryl/α,β-unsaturated/α-hetero) is 1. The number of rotatable bonds is 4. The van der Waals surface area contributed by atoms with Crippen LogP contribution in [0.2, 0.25) is 0 Å². The van der Waals surface area contributed by atoms with E-state index in [2.05, 4.69) is 29.2 Å². The van der Waals surface area contributed by atoms with E-state index in [1.54, 1.807) is 0 Å². The number of carbonyl (C=O) groups is 1. The van der Waals surface area contributed by atoms with Gasteiger partial charge in [-0.25, -0.2) is 0 Å². The fourth-order valence-corrected chi connectivity index (χ4v) is 2.52. The molecule has 92 valence electrons. The van der Waals surface area contributed by atoms with Crippen molar-refractivity contribution in [3.05, 3.63) is 35.9 Å². The van der Waals surface area contributed by atoms with Crippen molar-refractivity contribution in [3.63, 3.8) is 0 Å². The number of hydrogen-bond donors (Lipinski definition) is 0. The van der Waals surface area contributed by atoms with Crippen LogP contribution in [-0.2, 0) is 11.3 Å². The summed E-state index contributed by atoms with van der Waals surface area (Å²) in [6.07, 6.45) is 1.03. The van der Waals surface area contributed by atoms with Crippen molar-refractivity contribution in [1.29, 1.82) is 0 Å². The average Bonchev–Trinajstić information content (AvgIpc) is 2.77. The van der Waals surface area contributed by atoms with Crippen LogP contribution < -0.4 is 0 Å². The molecule has 0 saturated carbocycles. The highest BCUT2D eigenvalue weighted by Crippen LogP contribution is 2.21. The van der Waals surface area contributed by atoms with Gasteiger partial charge < -0.3 is 0 Å². The first-order valence-electron chi connectivity index (χ1n) is 6.47. The van der Waals surface area contributed by atoms with E-state index in [-0.39, 0.29) is 11.8 Å². The predicted octanol–water partition coefficient (Wildman–Crippen LogP) is 2.73. The molecule has 0 N–H and O–H groups in total. The van der Waals surface area contributed by atoms with Crippen LogP contribution in [0.5, 0.6) is 0 Å². The van der Waals surface area contributed by atoms with E-state index in [0.29, 0.717) is 5.78 Å². The topological polar surface area (TPSA) is 20.3 Å². The van der Waals surface area contributed by atoms with Crippen molar-refractivity contribution < 1.29 is 4.79 Å². The molecule has 0 unspecified atom stereocenters. The van der Waals surface area contributed by atoms with Crippen LogP contribution in [0.4, 0.5) is 0 Å². The van der Waals surface area contributed by atoms with E-state index in [4.69, 9.17) is 0 Å². The number of nitrogens with zero attached hydrogens (tertiary/aromatic N) is 1. The maximum absolute atomic E-state index is 11.9. The van der Waals surface area contributed by atoms with Gasteiger partial charge >= 0.3 is 0 Å². The third kappa shape index (κ3) is 3.16. The molecular formula is C15H21NO. The molecule has 2 heteroatoms. The standard InChI is InChI=1S/C15H21NO/c1-12(2)15(17)14-8-9-16(11-14)10-13-6-4-3-5-7-13/h3-7,12,14H,8-11H2,1-2H3/t14-/m1/s1. The molecule has 1 heterocycles. The van der Waals surface area contributed by atoms with Crippen LogP contribution in [0.1, 0.15) is 25.8 Å². The lowest BCUT2D eigenvalue weighted by Gasteiger charge is -2.16. The van der Waals surface area contributed by atoms with Gasteiger partial charge in [-0.05, 0) is 18.5 Å². The minimum atomic E-state index is 0.177. The maximum Gasteiger partial charge on any atom is 0.139 e. The fraction of sp³-hybridized carbons (Fsp3) is 0.533. The van der Waals surface area contributed by atoms with Crippen molar-refractivity contribution >= 4 is 5.78 Å². The summed E-state index contributed by atoms with van der Waals surface area (Å²) in [5.41, 5.74) is 1.34. The van der Waals surface area contributed by atoms with Crippen LogP contribution in [0.3, 0.4) is 0 Å². The number of benzene rings is 1. The molecule has 0 radical (unpaired) electrons. The SMILES string of the molecule is CC(C)C(=O)[C@@H]1CCN(Cc2ccccc2)C1. The lowest BCUT2D eigenvalue weighted by atomic mass is 9.95. The van der Waals surface area contributed by atoms with Crippen molar-refractivity contribution in [3.8, 4) is 0 Å². The Labute approximate surface area is 104 Å². The van der Waals surface area contributed by atoms with Crippen molar-refractivity contribution in [2.24, 2.45) is 11.8 Å². The third-order valence-electron chi connectivity index (χ3n) is 3.49. The Hall–Kier alpha value is -1.15. The van der Waals surface area contributed by atoms with Gasteiger partial charge in [-0.15, -0.1) is 0 Å². The molecule has 0 aromatic heterocycles. The summed E-state index contributed by atoms with van der Waals surface area (Å²) in [6, 6.07) is 10.5. The van der Waals surface area contributed by atoms with Crippen LogP contribution in [-0.4, -0.2) is 23.8 Å². The van der Waals surface area contributed by atoms with E-state index in [1.165, 1.54) is 5.56 Å². The van der Waals surface area contributed by atoms with Crippen molar-refractivity contribution in [2.75, 3.05) is 13.1 Å². The summed E-state index contributed by atoms with van der Waals surface area (Å²) in [5, 5.41) is 0. The molecule has 1 aromatic carbocycles. The Kier molecular flexibility index (Phi) is 3.95. The Morgan fingerprint density at radius 1 is 1.35 bits per heavy atom. The Morgan fingerprint density at radius 2 is 2.06 bits per heavy atom. The molecule has 0 amide bonds. The maximum atomic E-state index is 11.9. The van der Waals surface area contributed by atoms with Crippen molar-refractivity contribution in [2.45, 2.75) is 26.8 Å². The summed E-state index contributed by atoms with van der Waals surface area (Å²) in [5.74, 6) is 0.871. The normalized spacial score (nSPS) is 21.0. The second-order valence-electron chi connectivity index (χ2n) is 5.26. The zero-order valence-electron chi connectivity index (χ0n) is 10.7. The molecule has 0 bridgehead atoms. The molecule has 0 aliphatic carbocycles. The molecule has 17 heavy (non-hydrogen) atoms. The molecule has 2 rings (SSSR count). The smallest absolute Gasteiger partial charge is 0.139 e. The van der Waals surface area contributed by atoms with Gasteiger partial charge in [0.2, 0.25) is 0 Å². The number of likely N-dealkylation sites (tertiary alicyclic amines) is 1. The number of hydrogen-bond acceptors (Lipinski definition) is 2. The molecule has 1 fully saturated rings. The lowest BCUT2D eigenvalue weighted by Crippen LogP contribution is -2.25. The predicted molar refractivity (Wildman–Crippen MR) is 69.7 cm³/mol. The Balaban J connectivity index is 1.88. The van der Waals surface area contributed by atoms with Gasteiger partial charge in [-0.1, -0.05) is 44.2 Å². The summed E-state index contributed by atoms with van der Waals surface area (Å²) in [7, 11) is 0. The number of ketones is 1. The minimum absolute atomic E-state index is 0.177. The molecule has 1 aliphatic heterocycles. The van der Waals surface area contributed by atoms with Crippen LogP contribution in [0, 0.1) is 11.8 Å². The van der Waals surface area contributed by atoms with Gasteiger partial charge in [0.05, 0.1) is 0 Å². The van der Waals surface area contributed by atoms with Gasteiger partial charge in [-0.2, -0.15) is 0 Å². The quantitative estimate of drug-likeness (QED) is 0.794. The van der Waals surface area contributed by atoms with Crippen LogP contribution in [0.15, 0.2) is 30.3 Å². The fourth-order valence-electron chi connectivity index (χ4n) is 2.52. The first-order valence-corrected chi connectivity index (χ1v) is 6.47. The van der Waals surface area contributed by atoms with E-state index in [1.807, 2.05) is 19.9 Å². The summed E-state index contributed by atoms with van der Waals surface area (Å²) in [4.78, 5) is 14.3. The second-order valence-corrected chi connectivity index (χ2v) is 5.26. The van der Waals surface area contributed by atoms with Crippen LogP contribution >= 0.6 is 0 Å². The van der Waals surface area contributed by atoms with E-state index in [0.717, 1.165) is 26.1 Å².